The first-order chi connectivity index (χ1) is 9.51. The number of nitrogens with zero attached hydrogens (tertiary/aromatic N) is 2. The Balaban J connectivity index is 1.90. The van der Waals surface area contributed by atoms with Gasteiger partial charge in [-0.3, -0.25) is 14.9 Å². The number of hydrogen-bond acceptors (Lipinski definition) is 4. The molecule has 1 aromatic rings. The van der Waals surface area contributed by atoms with Gasteiger partial charge in [-0.2, -0.15) is 0 Å². The number of urea groups is 1. The molecular weight excluding hydrogens is 262 g/mol. The number of nitrogens with one attached hydrogen (secondary N) is 1. The second-order valence-electron chi connectivity index (χ2n) is 5.25. The lowest BCUT2D eigenvalue weighted by Gasteiger charge is -2.46. The van der Waals surface area contributed by atoms with Gasteiger partial charge in [0.25, 0.3) is 5.69 Å². The van der Waals surface area contributed by atoms with Crippen molar-refractivity contribution in [3.05, 3.63) is 34.4 Å². The van der Waals surface area contributed by atoms with E-state index in [1.807, 2.05) is 0 Å². The van der Waals surface area contributed by atoms with Crippen molar-refractivity contribution in [3.8, 4) is 0 Å². The zero-order valence-corrected chi connectivity index (χ0v) is 10.7. The molecule has 1 aromatic carbocycles. The van der Waals surface area contributed by atoms with Gasteiger partial charge in [0.05, 0.1) is 22.6 Å². The van der Waals surface area contributed by atoms with Gasteiger partial charge < -0.3 is 5.32 Å². The van der Waals surface area contributed by atoms with E-state index in [1.54, 1.807) is 0 Å². The molecule has 1 N–H and O–H groups in total. The molecule has 1 heterocycles. The van der Waals surface area contributed by atoms with Crippen molar-refractivity contribution in [1.29, 1.82) is 0 Å². The molecule has 20 heavy (non-hydrogen) atoms. The highest BCUT2D eigenvalue weighted by Gasteiger charge is 2.47. The lowest BCUT2D eigenvalue weighted by Crippen LogP contribution is -2.65. The van der Waals surface area contributed by atoms with E-state index in [0.717, 1.165) is 24.2 Å². The maximum absolute atomic E-state index is 12.2. The summed E-state index contributed by atoms with van der Waals surface area (Å²) in [7, 11) is 0. The average Bonchev–Trinajstić information content (AvgIpc) is 2.36. The first-order valence-electron chi connectivity index (χ1n) is 6.40. The van der Waals surface area contributed by atoms with Crippen LogP contribution in [-0.4, -0.2) is 22.4 Å². The molecule has 0 aromatic heterocycles. The number of nitro benzene ring substituents is 1. The summed E-state index contributed by atoms with van der Waals surface area (Å²) in [5.74, 6) is -0.311. The van der Waals surface area contributed by atoms with Gasteiger partial charge in [-0.15, -0.1) is 0 Å². The molecule has 104 valence electrons. The minimum atomic E-state index is -0.552. The summed E-state index contributed by atoms with van der Waals surface area (Å²) in [6.07, 6.45) is 2.88. The highest BCUT2D eigenvalue weighted by molar-refractivity contribution is 6.16. The zero-order valence-electron chi connectivity index (χ0n) is 10.7. The molecule has 1 spiro atoms. The number of nitro groups is 1. The molecule has 1 saturated heterocycles. The molecule has 3 rings (SSSR count). The van der Waals surface area contributed by atoms with Crippen molar-refractivity contribution in [2.75, 3.05) is 4.90 Å². The predicted molar refractivity (Wildman–Crippen MR) is 70.3 cm³/mol. The molecule has 0 bridgehead atoms. The summed E-state index contributed by atoms with van der Waals surface area (Å²) in [6.45, 7) is 0. The monoisotopic (exact) mass is 275 g/mol. The number of hydrogen-bond donors (Lipinski definition) is 1. The summed E-state index contributed by atoms with van der Waals surface area (Å²) in [5, 5.41) is 13.6. The van der Waals surface area contributed by atoms with E-state index in [4.69, 9.17) is 0 Å². The van der Waals surface area contributed by atoms with Gasteiger partial charge in [-0.05, 0) is 25.3 Å². The fraction of sp³-hybridized carbons (Fsp3) is 0.385. The maximum atomic E-state index is 12.2. The van der Waals surface area contributed by atoms with Gasteiger partial charge in [0, 0.05) is 12.1 Å². The first-order valence-corrected chi connectivity index (χ1v) is 6.40. The van der Waals surface area contributed by atoms with Crippen LogP contribution in [0.4, 0.5) is 16.2 Å². The molecular formula is C13H13N3O4. The number of anilines is 1. The van der Waals surface area contributed by atoms with Crippen molar-refractivity contribution >= 4 is 23.3 Å². The fourth-order valence-corrected chi connectivity index (χ4v) is 2.72. The van der Waals surface area contributed by atoms with Crippen molar-refractivity contribution in [1.82, 2.24) is 5.32 Å². The van der Waals surface area contributed by atoms with Crippen LogP contribution >= 0.6 is 0 Å². The largest absolute Gasteiger partial charge is 0.331 e. The number of carbonyl (C=O) groups is 2. The maximum Gasteiger partial charge on any atom is 0.329 e. The van der Waals surface area contributed by atoms with E-state index in [1.165, 1.54) is 24.3 Å². The van der Waals surface area contributed by atoms with Crippen LogP contribution < -0.4 is 10.2 Å². The lowest BCUT2D eigenvalue weighted by atomic mass is 9.73. The van der Waals surface area contributed by atoms with E-state index in [9.17, 15) is 19.7 Å². The van der Waals surface area contributed by atoms with Gasteiger partial charge in [-0.1, -0.05) is 6.07 Å². The minimum absolute atomic E-state index is 0.146. The van der Waals surface area contributed by atoms with Gasteiger partial charge in [0.2, 0.25) is 5.91 Å². The van der Waals surface area contributed by atoms with E-state index < -0.39 is 11.0 Å². The smallest absolute Gasteiger partial charge is 0.329 e. The lowest BCUT2D eigenvalue weighted by molar-refractivity contribution is -0.384. The van der Waals surface area contributed by atoms with Gasteiger partial charge in [0.15, 0.2) is 0 Å². The topological polar surface area (TPSA) is 92.6 Å². The predicted octanol–water partition coefficient (Wildman–Crippen LogP) is 1.96. The van der Waals surface area contributed by atoms with Crippen molar-refractivity contribution in [3.63, 3.8) is 0 Å². The second kappa shape index (κ2) is 4.29. The van der Waals surface area contributed by atoms with Crippen molar-refractivity contribution in [2.24, 2.45) is 0 Å². The molecule has 1 saturated carbocycles. The van der Waals surface area contributed by atoms with E-state index in [-0.39, 0.29) is 29.2 Å². The van der Waals surface area contributed by atoms with Crippen LogP contribution in [0.1, 0.15) is 25.7 Å². The Kier molecular flexibility index (Phi) is 2.70. The highest BCUT2D eigenvalue weighted by Crippen LogP contribution is 2.38. The summed E-state index contributed by atoms with van der Waals surface area (Å²) >= 11 is 0. The van der Waals surface area contributed by atoms with Crippen molar-refractivity contribution < 1.29 is 14.5 Å². The number of imide groups is 1. The van der Waals surface area contributed by atoms with Crippen LogP contribution in [0.25, 0.3) is 0 Å². The van der Waals surface area contributed by atoms with E-state index in [0.29, 0.717) is 0 Å². The van der Waals surface area contributed by atoms with E-state index >= 15 is 0 Å². The molecule has 0 atom stereocenters. The Labute approximate surface area is 114 Å². The van der Waals surface area contributed by atoms with Crippen LogP contribution in [-0.2, 0) is 4.79 Å². The number of amides is 3. The molecule has 0 radical (unpaired) electrons. The average molecular weight is 275 g/mol. The molecule has 7 heteroatoms. The van der Waals surface area contributed by atoms with Crippen LogP contribution in [0.5, 0.6) is 0 Å². The second-order valence-corrected chi connectivity index (χ2v) is 5.25. The Morgan fingerprint density at radius 3 is 2.60 bits per heavy atom. The summed E-state index contributed by atoms with van der Waals surface area (Å²) in [4.78, 5) is 35.5. The normalized spacial score (nSPS) is 20.5. The first kappa shape index (κ1) is 12.6. The molecule has 3 amide bonds. The Morgan fingerprint density at radius 1 is 1.30 bits per heavy atom. The minimum Gasteiger partial charge on any atom is -0.331 e. The third-order valence-corrected chi connectivity index (χ3v) is 3.92. The molecule has 1 aliphatic carbocycles. The zero-order chi connectivity index (χ0) is 14.3. The quantitative estimate of drug-likeness (QED) is 0.659. The van der Waals surface area contributed by atoms with Crippen LogP contribution in [0.2, 0.25) is 0 Å². The van der Waals surface area contributed by atoms with Crippen LogP contribution in [0.15, 0.2) is 24.3 Å². The van der Waals surface area contributed by atoms with Crippen LogP contribution in [0, 0.1) is 10.1 Å². The fourth-order valence-electron chi connectivity index (χ4n) is 2.72. The third kappa shape index (κ3) is 1.91. The molecule has 1 aliphatic heterocycles. The SMILES string of the molecule is O=C1CC2(CCC2)NC(=O)N1c1cccc([N+](=O)[O-])c1. The van der Waals surface area contributed by atoms with Gasteiger partial charge in [0.1, 0.15) is 0 Å². The number of rotatable bonds is 2. The molecule has 7 nitrogen and oxygen atoms in total. The standard InChI is InChI=1S/C13H13N3O4/c17-11-8-13(5-2-6-13)14-12(18)15(11)9-3-1-4-10(7-9)16(19)20/h1,3-4,7H,2,5-6,8H2,(H,14,18). The van der Waals surface area contributed by atoms with Crippen molar-refractivity contribution in [2.45, 2.75) is 31.2 Å². The molecule has 0 unspecified atom stereocenters. The van der Waals surface area contributed by atoms with E-state index in [2.05, 4.69) is 5.32 Å². The Hall–Kier alpha value is -2.44. The molecule has 2 fully saturated rings. The number of benzene rings is 1. The summed E-state index contributed by atoms with van der Waals surface area (Å²) < 4.78 is 0. The number of carbonyl (C=O) groups excluding carboxylic acids is 2. The Morgan fingerprint density at radius 2 is 2.05 bits per heavy atom. The number of non-ortho nitro benzene ring substituents is 1. The van der Waals surface area contributed by atoms with Gasteiger partial charge in [-0.25, -0.2) is 9.69 Å². The Bertz CT molecular complexity index is 589. The van der Waals surface area contributed by atoms with Crippen LogP contribution in [0.3, 0.4) is 0 Å². The third-order valence-electron chi connectivity index (χ3n) is 3.92. The highest BCUT2D eigenvalue weighted by atomic mass is 16.6. The summed E-state index contributed by atoms with van der Waals surface area (Å²) in [5.41, 5.74) is -0.298. The van der Waals surface area contributed by atoms with Gasteiger partial charge >= 0.3 is 6.03 Å². The summed E-state index contributed by atoms with van der Waals surface area (Å²) in [6, 6.07) is 5.03. The molecule has 2 aliphatic rings.